The molecule has 0 radical (unpaired) electrons. The number of thiazole rings is 1. The Hall–Kier alpha value is -1.79. The predicted molar refractivity (Wildman–Crippen MR) is 109 cm³/mol. The zero-order valence-corrected chi connectivity index (χ0v) is 16.8. The van der Waals surface area contributed by atoms with Crippen molar-refractivity contribution in [3.8, 4) is 0 Å². The maximum atomic E-state index is 6.10. The number of hydrogen-bond acceptors (Lipinski definition) is 5. The van der Waals surface area contributed by atoms with Crippen LogP contribution in [0.5, 0.6) is 0 Å². The Labute approximate surface area is 168 Å². The highest BCUT2D eigenvalue weighted by atomic mass is 35.5. The molecule has 0 unspecified atom stereocenters. The number of rotatable bonds is 5. The normalized spacial score (nSPS) is 17.9. The van der Waals surface area contributed by atoms with Crippen molar-refractivity contribution in [1.82, 2.24) is 14.9 Å². The van der Waals surface area contributed by atoms with Crippen LogP contribution in [0.4, 0.5) is 0 Å². The summed E-state index contributed by atoms with van der Waals surface area (Å²) in [6, 6.07) is 14.1. The van der Waals surface area contributed by atoms with Crippen molar-refractivity contribution in [2.75, 3.05) is 19.7 Å². The highest BCUT2D eigenvalue weighted by Crippen LogP contribution is 2.24. The van der Waals surface area contributed by atoms with Crippen molar-refractivity contribution in [3.05, 3.63) is 80.5 Å². The summed E-state index contributed by atoms with van der Waals surface area (Å²) in [5, 5.41) is 1.87. The summed E-state index contributed by atoms with van der Waals surface area (Å²) in [5.74, 6) is 0. The number of aryl methyl sites for hydroxylation is 1. The van der Waals surface area contributed by atoms with Crippen molar-refractivity contribution >= 4 is 22.9 Å². The molecule has 4 nitrogen and oxygen atoms in total. The van der Waals surface area contributed by atoms with Crippen molar-refractivity contribution < 1.29 is 4.74 Å². The van der Waals surface area contributed by atoms with Gasteiger partial charge in [-0.05, 0) is 36.8 Å². The Morgan fingerprint density at radius 1 is 1.26 bits per heavy atom. The Morgan fingerprint density at radius 3 is 2.96 bits per heavy atom. The standard InChI is InChI=1S/C21H22ClN3OS/c1-15-23-12-19(27-15)13-25-8-9-26-21(14-25)20-7-3-6-18(24-20)11-16-4-2-5-17(22)10-16/h2-7,10,12,21H,8-9,11,13-14H2,1H3/t21-/m0/s1. The fourth-order valence-corrected chi connectivity index (χ4v) is 4.41. The van der Waals surface area contributed by atoms with Crippen LogP contribution < -0.4 is 0 Å². The Morgan fingerprint density at radius 2 is 2.15 bits per heavy atom. The first-order chi connectivity index (χ1) is 13.2. The molecule has 4 rings (SSSR count). The van der Waals surface area contributed by atoms with Crippen molar-refractivity contribution in [2.24, 2.45) is 0 Å². The molecule has 0 aliphatic carbocycles. The smallest absolute Gasteiger partial charge is 0.112 e. The van der Waals surface area contributed by atoms with Gasteiger partial charge in [0.1, 0.15) is 6.10 Å². The molecular formula is C21H22ClN3OS. The van der Waals surface area contributed by atoms with E-state index in [1.165, 1.54) is 10.4 Å². The summed E-state index contributed by atoms with van der Waals surface area (Å²) in [7, 11) is 0. The molecule has 2 aromatic heterocycles. The van der Waals surface area contributed by atoms with E-state index < -0.39 is 0 Å². The summed E-state index contributed by atoms with van der Waals surface area (Å²) in [5.41, 5.74) is 3.20. The number of halogens is 1. The van der Waals surface area contributed by atoms with Gasteiger partial charge in [0.2, 0.25) is 0 Å². The number of morpholine rings is 1. The molecule has 1 aliphatic heterocycles. The van der Waals surface area contributed by atoms with Crippen LogP contribution in [0.15, 0.2) is 48.7 Å². The van der Waals surface area contributed by atoms with Crippen LogP contribution in [0.1, 0.15) is 32.9 Å². The lowest BCUT2D eigenvalue weighted by atomic mass is 10.1. The minimum absolute atomic E-state index is 0.00656. The van der Waals surface area contributed by atoms with Gasteiger partial charge >= 0.3 is 0 Å². The third-order valence-corrected chi connectivity index (χ3v) is 5.76. The summed E-state index contributed by atoms with van der Waals surface area (Å²) in [4.78, 5) is 12.9. The Balaban J connectivity index is 1.44. The van der Waals surface area contributed by atoms with Crippen LogP contribution >= 0.6 is 22.9 Å². The molecule has 0 amide bonds. The second-order valence-electron chi connectivity index (χ2n) is 6.80. The topological polar surface area (TPSA) is 38.2 Å². The van der Waals surface area contributed by atoms with Gasteiger partial charge in [0.15, 0.2) is 0 Å². The van der Waals surface area contributed by atoms with Gasteiger partial charge in [-0.3, -0.25) is 9.88 Å². The van der Waals surface area contributed by atoms with Gasteiger partial charge in [0.25, 0.3) is 0 Å². The lowest BCUT2D eigenvalue weighted by Gasteiger charge is -2.32. The molecule has 0 N–H and O–H groups in total. The number of ether oxygens (including phenoxy) is 1. The molecule has 27 heavy (non-hydrogen) atoms. The van der Waals surface area contributed by atoms with Gasteiger partial charge in [-0.2, -0.15) is 0 Å². The summed E-state index contributed by atoms with van der Waals surface area (Å²) >= 11 is 7.86. The largest absolute Gasteiger partial charge is 0.369 e. The molecule has 1 saturated heterocycles. The van der Waals surface area contributed by atoms with Crippen LogP contribution in [-0.4, -0.2) is 34.6 Å². The molecule has 1 fully saturated rings. The van der Waals surface area contributed by atoms with Crippen LogP contribution in [-0.2, 0) is 17.7 Å². The van der Waals surface area contributed by atoms with Crippen LogP contribution in [0.3, 0.4) is 0 Å². The molecule has 6 heteroatoms. The van der Waals surface area contributed by atoms with Gasteiger partial charge in [-0.25, -0.2) is 4.98 Å². The molecule has 3 heterocycles. The highest BCUT2D eigenvalue weighted by Gasteiger charge is 2.23. The van der Waals surface area contributed by atoms with Gasteiger partial charge in [0, 0.05) is 47.8 Å². The Kier molecular flexibility index (Phi) is 5.83. The second-order valence-corrected chi connectivity index (χ2v) is 8.56. The van der Waals surface area contributed by atoms with E-state index in [-0.39, 0.29) is 6.10 Å². The first-order valence-corrected chi connectivity index (χ1v) is 10.3. The second kappa shape index (κ2) is 8.48. The fraction of sp³-hybridized carbons (Fsp3) is 0.333. The molecule has 0 saturated carbocycles. The van der Waals surface area contributed by atoms with Crippen molar-refractivity contribution in [3.63, 3.8) is 0 Å². The van der Waals surface area contributed by atoms with E-state index in [1.54, 1.807) is 11.3 Å². The van der Waals surface area contributed by atoms with Gasteiger partial charge in [-0.15, -0.1) is 11.3 Å². The number of pyridine rings is 1. The van der Waals surface area contributed by atoms with E-state index in [9.17, 15) is 0 Å². The molecule has 3 aromatic rings. The Bertz CT molecular complexity index is 914. The summed E-state index contributed by atoms with van der Waals surface area (Å²) in [6.07, 6.45) is 2.76. The van der Waals surface area contributed by atoms with E-state index in [1.807, 2.05) is 31.3 Å². The molecule has 1 aliphatic rings. The molecule has 0 bridgehead atoms. The average molecular weight is 400 g/mol. The third kappa shape index (κ3) is 4.93. The number of aromatic nitrogens is 2. The molecule has 1 aromatic carbocycles. The van der Waals surface area contributed by atoms with E-state index in [0.29, 0.717) is 0 Å². The minimum atomic E-state index is 0.00656. The zero-order valence-electron chi connectivity index (χ0n) is 15.3. The fourth-order valence-electron chi connectivity index (χ4n) is 3.36. The van der Waals surface area contributed by atoms with Gasteiger partial charge in [-0.1, -0.05) is 29.8 Å². The lowest BCUT2D eigenvalue weighted by molar-refractivity contribution is -0.0347. The van der Waals surface area contributed by atoms with Crippen LogP contribution in [0, 0.1) is 6.92 Å². The van der Waals surface area contributed by atoms with Gasteiger partial charge in [0.05, 0.1) is 17.3 Å². The molecule has 1 atom stereocenters. The van der Waals surface area contributed by atoms with E-state index >= 15 is 0 Å². The molecular weight excluding hydrogens is 378 g/mol. The minimum Gasteiger partial charge on any atom is -0.369 e. The number of nitrogens with zero attached hydrogens (tertiary/aromatic N) is 3. The average Bonchev–Trinajstić information content (AvgIpc) is 3.07. The van der Waals surface area contributed by atoms with E-state index in [4.69, 9.17) is 21.3 Å². The predicted octanol–water partition coefficient (Wildman–Crippen LogP) is 4.66. The first kappa shape index (κ1) is 18.6. The lowest BCUT2D eigenvalue weighted by Crippen LogP contribution is -2.38. The van der Waals surface area contributed by atoms with Crippen LogP contribution in [0.2, 0.25) is 5.02 Å². The monoisotopic (exact) mass is 399 g/mol. The quantitative estimate of drug-likeness (QED) is 0.625. The summed E-state index contributed by atoms with van der Waals surface area (Å²) in [6.45, 7) is 5.49. The van der Waals surface area contributed by atoms with Crippen molar-refractivity contribution in [2.45, 2.75) is 26.0 Å². The maximum absolute atomic E-state index is 6.10. The maximum Gasteiger partial charge on any atom is 0.112 e. The third-order valence-electron chi connectivity index (χ3n) is 4.63. The SMILES string of the molecule is Cc1ncc(CN2CCO[C@H](c3cccc(Cc4cccc(Cl)c4)n3)C2)s1. The summed E-state index contributed by atoms with van der Waals surface area (Å²) < 4.78 is 6.02. The zero-order chi connectivity index (χ0) is 18.6. The highest BCUT2D eigenvalue weighted by molar-refractivity contribution is 7.11. The van der Waals surface area contributed by atoms with E-state index in [2.05, 4.69) is 34.1 Å². The van der Waals surface area contributed by atoms with Crippen LogP contribution in [0.25, 0.3) is 0 Å². The van der Waals surface area contributed by atoms with E-state index in [0.717, 1.165) is 54.1 Å². The van der Waals surface area contributed by atoms with Gasteiger partial charge < -0.3 is 4.74 Å². The number of benzene rings is 1. The first-order valence-electron chi connectivity index (χ1n) is 9.11. The molecule has 0 spiro atoms. The van der Waals surface area contributed by atoms with Crippen molar-refractivity contribution in [1.29, 1.82) is 0 Å². The molecule has 140 valence electrons. The number of hydrogen-bond donors (Lipinski definition) is 0.